The Morgan fingerprint density at radius 1 is 1.35 bits per heavy atom. The summed E-state index contributed by atoms with van der Waals surface area (Å²) in [5, 5.41) is 9.03. The van der Waals surface area contributed by atoms with Gasteiger partial charge in [0.25, 0.3) is 0 Å². The highest BCUT2D eigenvalue weighted by atomic mass is 16.5. The SMILES string of the molecule is CC1=C(C)C(Oc2ccc3c(c2)OCC(C(=O)O)=C3)=CC(C)C1. The first-order valence-corrected chi connectivity index (χ1v) is 7.71. The monoisotopic (exact) mass is 312 g/mol. The second kappa shape index (κ2) is 5.95. The van der Waals surface area contributed by atoms with E-state index in [0.29, 0.717) is 17.4 Å². The van der Waals surface area contributed by atoms with E-state index in [1.807, 2.05) is 18.2 Å². The van der Waals surface area contributed by atoms with Crippen LogP contribution in [0.1, 0.15) is 32.8 Å². The fourth-order valence-electron chi connectivity index (χ4n) is 2.86. The Kier molecular flexibility index (Phi) is 3.99. The van der Waals surface area contributed by atoms with Crippen molar-refractivity contribution in [1.29, 1.82) is 0 Å². The lowest BCUT2D eigenvalue weighted by molar-refractivity contribution is -0.132. The third-order valence-corrected chi connectivity index (χ3v) is 4.27. The molecule has 1 heterocycles. The molecule has 0 spiro atoms. The zero-order valence-corrected chi connectivity index (χ0v) is 13.6. The van der Waals surface area contributed by atoms with Crippen molar-refractivity contribution in [2.45, 2.75) is 27.2 Å². The summed E-state index contributed by atoms with van der Waals surface area (Å²) in [5.41, 5.74) is 3.54. The summed E-state index contributed by atoms with van der Waals surface area (Å²) in [4.78, 5) is 11.0. The molecule has 0 saturated carbocycles. The second-order valence-corrected chi connectivity index (χ2v) is 6.18. The molecule has 0 fully saturated rings. The molecule has 1 aliphatic carbocycles. The summed E-state index contributed by atoms with van der Waals surface area (Å²) < 4.78 is 11.6. The van der Waals surface area contributed by atoms with Gasteiger partial charge in [-0.25, -0.2) is 4.79 Å². The van der Waals surface area contributed by atoms with Crippen LogP contribution < -0.4 is 9.47 Å². The molecule has 1 unspecified atom stereocenters. The lowest BCUT2D eigenvalue weighted by Gasteiger charge is -2.22. The van der Waals surface area contributed by atoms with Gasteiger partial charge < -0.3 is 14.6 Å². The first kappa shape index (κ1) is 15.4. The first-order valence-electron chi connectivity index (χ1n) is 7.71. The minimum absolute atomic E-state index is 0.0730. The molecule has 0 amide bonds. The number of ether oxygens (including phenoxy) is 2. The fourth-order valence-corrected chi connectivity index (χ4v) is 2.86. The van der Waals surface area contributed by atoms with Gasteiger partial charge >= 0.3 is 5.97 Å². The molecule has 0 radical (unpaired) electrons. The zero-order valence-electron chi connectivity index (χ0n) is 13.6. The van der Waals surface area contributed by atoms with Gasteiger partial charge in [0.15, 0.2) is 0 Å². The Morgan fingerprint density at radius 2 is 2.13 bits per heavy atom. The van der Waals surface area contributed by atoms with Gasteiger partial charge in [-0.15, -0.1) is 0 Å². The van der Waals surface area contributed by atoms with Crippen LogP contribution in [-0.2, 0) is 4.79 Å². The first-order chi connectivity index (χ1) is 10.9. The summed E-state index contributed by atoms with van der Waals surface area (Å²) in [7, 11) is 0. The summed E-state index contributed by atoms with van der Waals surface area (Å²) in [6.07, 6.45) is 4.85. The lowest BCUT2D eigenvalue weighted by atomic mass is 9.91. The second-order valence-electron chi connectivity index (χ2n) is 6.18. The van der Waals surface area contributed by atoms with E-state index in [4.69, 9.17) is 14.6 Å². The van der Waals surface area contributed by atoms with Crippen molar-refractivity contribution in [3.8, 4) is 11.5 Å². The van der Waals surface area contributed by atoms with E-state index in [0.717, 1.165) is 17.7 Å². The van der Waals surface area contributed by atoms with Crippen LogP contribution in [0.2, 0.25) is 0 Å². The van der Waals surface area contributed by atoms with Crippen molar-refractivity contribution >= 4 is 12.0 Å². The van der Waals surface area contributed by atoms with E-state index in [1.165, 1.54) is 11.1 Å². The molecule has 1 N–H and O–H groups in total. The molecule has 0 saturated heterocycles. The Hall–Kier alpha value is -2.49. The highest BCUT2D eigenvalue weighted by Crippen LogP contribution is 2.34. The van der Waals surface area contributed by atoms with Gasteiger partial charge in [0, 0.05) is 11.6 Å². The van der Waals surface area contributed by atoms with Crippen LogP contribution >= 0.6 is 0 Å². The van der Waals surface area contributed by atoms with Gasteiger partial charge in [-0.2, -0.15) is 0 Å². The Morgan fingerprint density at radius 3 is 2.87 bits per heavy atom. The van der Waals surface area contributed by atoms with Crippen molar-refractivity contribution in [1.82, 2.24) is 0 Å². The topological polar surface area (TPSA) is 55.8 Å². The van der Waals surface area contributed by atoms with E-state index >= 15 is 0 Å². The maximum absolute atomic E-state index is 11.0. The van der Waals surface area contributed by atoms with E-state index in [2.05, 4.69) is 26.8 Å². The zero-order chi connectivity index (χ0) is 16.6. The molecule has 120 valence electrons. The van der Waals surface area contributed by atoms with Crippen molar-refractivity contribution in [2.75, 3.05) is 6.61 Å². The van der Waals surface area contributed by atoms with Crippen molar-refractivity contribution in [3.63, 3.8) is 0 Å². The number of hydrogen-bond donors (Lipinski definition) is 1. The smallest absolute Gasteiger partial charge is 0.335 e. The molecule has 0 bridgehead atoms. The van der Waals surface area contributed by atoms with Gasteiger partial charge in [0.2, 0.25) is 0 Å². The summed E-state index contributed by atoms with van der Waals surface area (Å²) in [5.74, 6) is 1.75. The number of allylic oxidation sites excluding steroid dienone is 3. The number of carbonyl (C=O) groups is 1. The number of hydrogen-bond acceptors (Lipinski definition) is 3. The molecule has 1 aliphatic heterocycles. The normalized spacial score (nSPS) is 20.2. The molecule has 3 rings (SSSR count). The maximum Gasteiger partial charge on any atom is 0.335 e. The Labute approximate surface area is 135 Å². The predicted octanol–water partition coefficient (Wildman–Crippen LogP) is 4.19. The number of benzene rings is 1. The molecular formula is C19H20O4. The molecule has 2 aliphatic rings. The number of carboxylic acids is 1. The quantitative estimate of drug-likeness (QED) is 0.909. The van der Waals surface area contributed by atoms with Crippen LogP contribution in [0, 0.1) is 5.92 Å². The minimum Gasteiger partial charge on any atom is -0.488 e. The summed E-state index contributed by atoms with van der Waals surface area (Å²) >= 11 is 0. The van der Waals surface area contributed by atoms with E-state index in [9.17, 15) is 4.79 Å². The van der Waals surface area contributed by atoms with Crippen LogP contribution in [0.15, 0.2) is 46.8 Å². The van der Waals surface area contributed by atoms with Crippen molar-refractivity contribution in [3.05, 3.63) is 52.3 Å². The number of carboxylic acid groups (broad SMARTS) is 1. The molecule has 0 aromatic heterocycles. The number of rotatable bonds is 3. The van der Waals surface area contributed by atoms with E-state index in [-0.39, 0.29) is 12.2 Å². The summed E-state index contributed by atoms with van der Waals surface area (Å²) in [6, 6.07) is 5.48. The van der Waals surface area contributed by atoms with Crippen molar-refractivity contribution < 1.29 is 19.4 Å². The van der Waals surface area contributed by atoms with Crippen LogP contribution in [0.5, 0.6) is 11.5 Å². The molecule has 1 aromatic rings. The Bertz CT molecular complexity index is 753. The van der Waals surface area contributed by atoms with E-state index in [1.54, 1.807) is 6.08 Å². The van der Waals surface area contributed by atoms with Crippen LogP contribution in [0.3, 0.4) is 0 Å². The largest absolute Gasteiger partial charge is 0.488 e. The number of fused-ring (bicyclic) bond motifs is 1. The average Bonchev–Trinajstić information content (AvgIpc) is 2.51. The van der Waals surface area contributed by atoms with Crippen LogP contribution in [0.25, 0.3) is 6.08 Å². The lowest BCUT2D eigenvalue weighted by Crippen LogP contribution is -2.14. The molecule has 4 nitrogen and oxygen atoms in total. The van der Waals surface area contributed by atoms with Gasteiger partial charge in [0.1, 0.15) is 23.9 Å². The highest BCUT2D eigenvalue weighted by Gasteiger charge is 2.19. The highest BCUT2D eigenvalue weighted by molar-refractivity contribution is 5.93. The van der Waals surface area contributed by atoms with Gasteiger partial charge in [0.05, 0.1) is 5.57 Å². The van der Waals surface area contributed by atoms with Gasteiger partial charge in [-0.05, 0) is 56.0 Å². The van der Waals surface area contributed by atoms with Crippen LogP contribution in [-0.4, -0.2) is 17.7 Å². The maximum atomic E-state index is 11.0. The molecule has 4 heteroatoms. The fraction of sp³-hybridized carbons (Fsp3) is 0.316. The molecule has 23 heavy (non-hydrogen) atoms. The third-order valence-electron chi connectivity index (χ3n) is 4.27. The standard InChI is InChI=1S/C19H20O4/c1-11-6-12(2)13(3)17(7-11)23-16-5-4-14-8-15(19(20)21)10-22-18(14)9-16/h4-5,7-9,11H,6,10H2,1-3H3,(H,20,21). The van der Waals surface area contributed by atoms with Gasteiger partial charge in [-0.1, -0.05) is 12.5 Å². The number of aliphatic carboxylic acids is 1. The molecular weight excluding hydrogens is 292 g/mol. The minimum atomic E-state index is -0.950. The predicted molar refractivity (Wildman–Crippen MR) is 88.4 cm³/mol. The molecule has 1 aromatic carbocycles. The third kappa shape index (κ3) is 3.16. The Balaban J connectivity index is 1.85. The van der Waals surface area contributed by atoms with Crippen LogP contribution in [0.4, 0.5) is 0 Å². The molecule has 1 atom stereocenters. The summed E-state index contributed by atoms with van der Waals surface area (Å²) in [6.45, 7) is 6.46. The van der Waals surface area contributed by atoms with Crippen molar-refractivity contribution in [2.24, 2.45) is 5.92 Å². The average molecular weight is 312 g/mol. The van der Waals surface area contributed by atoms with E-state index < -0.39 is 5.97 Å². The van der Waals surface area contributed by atoms with Gasteiger partial charge in [-0.3, -0.25) is 0 Å².